The Labute approximate surface area is 165 Å². The Morgan fingerprint density at radius 3 is 2.36 bits per heavy atom. The summed E-state index contributed by atoms with van der Waals surface area (Å²) in [5.74, 6) is -0.0300. The molecule has 4 heteroatoms. The predicted octanol–water partition coefficient (Wildman–Crippen LogP) is 4.23. The molecular formula is C24H24N3O+. The summed E-state index contributed by atoms with van der Waals surface area (Å²) in [5.41, 5.74) is 6.52. The number of hydrogen-bond acceptors (Lipinski definition) is 1. The van der Waals surface area contributed by atoms with Gasteiger partial charge >= 0.3 is 0 Å². The molecule has 0 fully saturated rings. The summed E-state index contributed by atoms with van der Waals surface area (Å²) < 4.78 is 4.20. The molecule has 1 N–H and O–H groups in total. The number of carbonyl (C=O) groups is 1. The van der Waals surface area contributed by atoms with Crippen molar-refractivity contribution in [2.45, 2.75) is 26.9 Å². The van der Waals surface area contributed by atoms with Crippen molar-refractivity contribution in [2.75, 3.05) is 5.32 Å². The number of aryl methyl sites for hydroxylation is 2. The standard InChI is InChI=1S/C24H23N3O/c1-18-12-19(2)14-21(13-18)25-24(28)16-27-17-26(15-20-8-4-3-5-9-20)22-10-6-7-11-23(22)27/h3-14,17H,15-16H2,1-2H3/p+1. The second-order valence-corrected chi connectivity index (χ2v) is 7.27. The first-order chi connectivity index (χ1) is 13.6. The van der Waals surface area contributed by atoms with Gasteiger partial charge in [-0.1, -0.05) is 48.5 Å². The van der Waals surface area contributed by atoms with Gasteiger partial charge in [0.05, 0.1) is 0 Å². The fourth-order valence-corrected chi connectivity index (χ4v) is 3.68. The Hall–Kier alpha value is -3.40. The van der Waals surface area contributed by atoms with E-state index in [0.29, 0.717) is 0 Å². The van der Waals surface area contributed by atoms with Crippen LogP contribution in [0, 0.1) is 13.8 Å². The lowest BCUT2D eigenvalue weighted by atomic mass is 10.1. The van der Waals surface area contributed by atoms with Gasteiger partial charge in [-0.25, -0.2) is 9.13 Å². The zero-order valence-corrected chi connectivity index (χ0v) is 16.2. The highest BCUT2D eigenvalue weighted by atomic mass is 16.1. The number of carbonyl (C=O) groups excluding carboxylic acids is 1. The van der Waals surface area contributed by atoms with Crippen LogP contribution < -0.4 is 9.88 Å². The Kier molecular flexibility index (Phi) is 4.94. The summed E-state index contributed by atoms with van der Waals surface area (Å²) >= 11 is 0. The van der Waals surface area contributed by atoms with Crippen LogP contribution in [0.3, 0.4) is 0 Å². The molecule has 140 valence electrons. The first-order valence-corrected chi connectivity index (χ1v) is 9.48. The number of amides is 1. The largest absolute Gasteiger partial charge is 0.323 e. The van der Waals surface area contributed by atoms with Gasteiger partial charge in [-0.2, -0.15) is 0 Å². The smallest absolute Gasteiger partial charge is 0.266 e. The number of fused-ring (bicyclic) bond motifs is 1. The maximum absolute atomic E-state index is 12.7. The molecule has 28 heavy (non-hydrogen) atoms. The van der Waals surface area contributed by atoms with Crippen LogP contribution in [0.25, 0.3) is 11.0 Å². The van der Waals surface area contributed by atoms with Crippen LogP contribution >= 0.6 is 0 Å². The molecule has 0 bridgehead atoms. The molecule has 0 unspecified atom stereocenters. The predicted molar refractivity (Wildman–Crippen MR) is 112 cm³/mol. The molecule has 0 saturated carbocycles. The van der Waals surface area contributed by atoms with Gasteiger partial charge in [0.1, 0.15) is 6.54 Å². The average Bonchev–Trinajstić information content (AvgIpc) is 2.99. The van der Waals surface area contributed by atoms with Gasteiger partial charge in [-0.3, -0.25) is 4.79 Å². The van der Waals surface area contributed by atoms with E-state index in [0.717, 1.165) is 34.4 Å². The second-order valence-electron chi connectivity index (χ2n) is 7.27. The SMILES string of the molecule is Cc1cc(C)cc(NC(=O)Cn2c[n+](Cc3ccccc3)c3ccccc32)c1. The van der Waals surface area contributed by atoms with Crippen LogP contribution in [-0.4, -0.2) is 10.5 Å². The van der Waals surface area contributed by atoms with Gasteiger partial charge in [-0.15, -0.1) is 0 Å². The number of hydrogen-bond donors (Lipinski definition) is 1. The van der Waals surface area contributed by atoms with E-state index >= 15 is 0 Å². The lowest BCUT2D eigenvalue weighted by Gasteiger charge is -2.06. The Morgan fingerprint density at radius 1 is 0.929 bits per heavy atom. The minimum absolute atomic E-state index is 0.0300. The van der Waals surface area contributed by atoms with Crippen molar-refractivity contribution < 1.29 is 9.36 Å². The lowest BCUT2D eigenvalue weighted by Crippen LogP contribution is -2.33. The van der Waals surface area contributed by atoms with Crippen LogP contribution in [0.1, 0.15) is 16.7 Å². The van der Waals surface area contributed by atoms with E-state index in [1.165, 1.54) is 5.56 Å². The molecule has 0 atom stereocenters. The monoisotopic (exact) mass is 370 g/mol. The molecule has 0 aliphatic heterocycles. The van der Waals surface area contributed by atoms with Crippen molar-refractivity contribution in [2.24, 2.45) is 0 Å². The van der Waals surface area contributed by atoms with Gasteiger partial charge < -0.3 is 5.32 Å². The van der Waals surface area contributed by atoms with Crippen LogP contribution in [0.4, 0.5) is 5.69 Å². The van der Waals surface area contributed by atoms with Crippen LogP contribution in [0.2, 0.25) is 0 Å². The maximum atomic E-state index is 12.7. The van der Waals surface area contributed by atoms with E-state index in [9.17, 15) is 4.79 Å². The first-order valence-electron chi connectivity index (χ1n) is 9.48. The highest BCUT2D eigenvalue weighted by molar-refractivity contribution is 5.91. The van der Waals surface area contributed by atoms with Crippen LogP contribution in [0.15, 0.2) is 79.1 Å². The molecule has 0 radical (unpaired) electrons. The molecule has 0 aliphatic carbocycles. The van der Waals surface area contributed by atoms with Gasteiger partial charge in [0.25, 0.3) is 5.91 Å². The quantitative estimate of drug-likeness (QED) is 0.525. The average molecular weight is 370 g/mol. The summed E-state index contributed by atoms with van der Waals surface area (Å²) in [4.78, 5) is 12.7. The third-order valence-electron chi connectivity index (χ3n) is 4.79. The van der Waals surface area contributed by atoms with Crippen molar-refractivity contribution >= 4 is 22.6 Å². The molecule has 1 amide bonds. The summed E-state index contributed by atoms with van der Waals surface area (Å²) in [7, 11) is 0. The van der Waals surface area contributed by atoms with Crippen molar-refractivity contribution in [3.05, 3.63) is 95.8 Å². The van der Waals surface area contributed by atoms with E-state index in [4.69, 9.17) is 0 Å². The van der Waals surface area contributed by atoms with E-state index in [1.54, 1.807) is 0 Å². The molecule has 3 aromatic carbocycles. The van der Waals surface area contributed by atoms with Crippen molar-refractivity contribution in [3.8, 4) is 0 Å². The normalized spacial score (nSPS) is 10.9. The van der Waals surface area contributed by atoms with E-state index in [1.807, 2.05) is 67.2 Å². The zero-order chi connectivity index (χ0) is 19.5. The lowest BCUT2D eigenvalue weighted by molar-refractivity contribution is -0.663. The van der Waals surface area contributed by atoms with Crippen molar-refractivity contribution in [3.63, 3.8) is 0 Å². The minimum atomic E-state index is -0.0300. The highest BCUT2D eigenvalue weighted by Crippen LogP contribution is 2.15. The van der Waals surface area contributed by atoms with Gasteiger partial charge in [0.15, 0.2) is 17.6 Å². The number of benzene rings is 3. The Morgan fingerprint density at radius 2 is 1.61 bits per heavy atom. The number of para-hydroxylation sites is 2. The number of nitrogens with one attached hydrogen (secondary N) is 1. The fraction of sp³-hybridized carbons (Fsp3) is 0.167. The summed E-state index contributed by atoms with van der Waals surface area (Å²) in [6, 6.07) is 24.6. The summed E-state index contributed by atoms with van der Waals surface area (Å²) in [6.07, 6.45) is 2.03. The Bertz CT molecular complexity index is 1110. The molecule has 4 rings (SSSR count). The van der Waals surface area contributed by atoms with Crippen LogP contribution in [-0.2, 0) is 17.9 Å². The van der Waals surface area contributed by atoms with Gasteiger partial charge in [0, 0.05) is 5.69 Å². The molecule has 0 spiro atoms. The molecule has 4 nitrogen and oxygen atoms in total. The molecule has 0 aliphatic rings. The topological polar surface area (TPSA) is 37.9 Å². The van der Waals surface area contributed by atoms with Crippen LogP contribution in [0.5, 0.6) is 0 Å². The van der Waals surface area contributed by atoms with Gasteiger partial charge in [-0.05, 0) is 54.8 Å². The third-order valence-corrected chi connectivity index (χ3v) is 4.79. The number of nitrogens with zero attached hydrogens (tertiary/aromatic N) is 2. The number of imidazole rings is 1. The molecule has 4 aromatic rings. The zero-order valence-electron chi connectivity index (χ0n) is 16.2. The van der Waals surface area contributed by atoms with Crippen molar-refractivity contribution in [1.82, 2.24) is 4.57 Å². The molecule has 1 aromatic heterocycles. The number of rotatable bonds is 5. The fourth-order valence-electron chi connectivity index (χ4n) is 3.68. The first kappa shape index (κ1) is 18.0. The number of aromatic nitrogens is 2. The summed E-state index contributed by atoms with van der Waals surface area (Å²) in [5, 5.41) is 3.03. The number of anilines is 1. The van der Waals surface area contributed by atoms with E-state index < -0.39 is 0 Å². The molecule has 1 heterocycles. The Balaban J connectivity index is 1.59. The van der Waals surface area contributed by atoms with E-state index in [2.05, 4.69) is 40.2 Å². The van der Waals surface area contributed by atoms with Crippen molar-refractivity contribution in [1.29, 1.82) is 0 Å². The third kappa shape index (κ3) is 3.96. The second kappa shape index (κ2) is 7.69. The maximum Gasteiger partial charge on any atom is 0.266 e. The molecular weight excluding hydrogens is 346 g/mol. The van der Waals surface area contributed by atoms with Gasteiger partial charge in [0.2, 0.25) is 6.33 Å². The van der Waals surface area contributed by atoms with E-state index in [-0.39, 0.29) is 12.5 Å². The minimum Gasteiger partial charge on any atom is -0.323 e. The highest BCUT2D eigenvalue weighted by Gasteiger charge is 2.18. The summed E-state index contributed by atoms with van der Waals surface area (Å²) in [6.45, 7) is 5.12. The molecule has 0 saturated heterocycles.